The minimum atomic E-state index is -3.74. The molecular weight excluding hydrogens is 238 g/mol. The van der Waals surface area contributed by atoms with Crippen molar-refractivity contribution >= 4 is 16.3 Å². The van der Waals surface area contributed by atoms with Crippen molar-refractivity contribution in [3.63, 3.8) is 0 Å². The van der Waals surface area contributed by atoms with Gasteiger partial charge in [0.25, 0.3) is 0 Å². The van der Waals surface area contributed by atoms with Crippen molar-refractivity contribution in [2.24, 2.45) is 16.5 Å². The Balaban J connectivity index is 2.53. The summed E-state index contributed by atoms with van der Waals surface area (Å²) in [6, 6.07) is 6.62. The molecule has 0 aromatic heterocycles. The smallest absolute Gasteiger partial charge is 0.238 e. The van der Waals surface area contributed by atoms with Crippen LogP contribution in [-0.4, -0.2) is 14.7 Å². The van der Waals surface area contributed by atoms with E-state index in [4.69, 9.17) is 5.14 Å². The van der Waals surface area contributed by atoms with Crippen molar-refractivity contribution in [3.8, 4) is 0 Å². The second-order valence-electron chi connectivity index (χ2n) is 5.04. The molecule has 0 aliphatic heterocycles. The number of nitrogens with two attached hydrogens (primary N) is 1. The largest absolute Gasteiger partial charge is 0.303 e. The van der Waals surface area contributed by atoms with Crippen LogP contribution in [0, 0.1) is 11.3 Å². The summed E-state index contributed by atoms with van der Waals surface area (Å²) in [6.45, 7) is 3.91. The molecule has 1 aliphatic rings. The third-order valence-corrected chi connectivity index (χ3v) is 4.60. The lowest BCUT2D eigenvalue weighted by Crippen LogP contribution is -2.14. The zero-order valence-corrected chi connectivity index (χ0v) is 10.6. The number of hydrogen-bond acceptors (Lipinski definition) is 3. The van der Waals surface area contributed by atoms with Crippen LogP contribution >= 0.6 is 0 Å². The SMILES string of the molecule is CC1(C)[C@@H](C=O)[C@@H]1c1ccccc1S(N)(=O)=O. The van der Waals surface area contributed by atoms with E-state index in [-0.39, 0.29) is 22.1 Å². The Morgan fingerprint density at radius 1 is 1.29 bits per heavy atom. The summed E-state index contributed by atoms with van der Waals surface area (Å²) in [5.74, 6) is -0.195. The molecule has 0 radical (unpaired) electrons. The lowest BCUT2D eigenvalue weighted by molar-refractivity contribution is -0.109. The van der Waals surface area contributed by atoms with Crippen LogP contribution in [0.15, 0.2) is 29.2 Å². The molecule has 4 nitrogen and oxygen atoms in total. The Hall–Kier alpha value is -1.20. The Morgan fingerprint density at radius 3 is 2.35 bits per heavy atom. The Labute approximate surface area is 101 Å². The molecule has 0 saturated heterocycles. The quantitative estimate of drug-likeness (QED) is 0.824. The first kappa shape index (κ1) is 12.3. The Bertz CT molecular complexity index is 563. The molecule has 0 bridgehead atoms. The molecule has 5 heteroatoms. The zero-order valence-electron chi connectivity index (χ0n) is 9.75. The highest BCUT2D eigenvalue weighted by atomic mass is 32.2. The number of benzene rings is 1. The van der Waals surface area contributed by atoms with Crippen molar-refractivity contribution in [2.45, 2.75) is 24.7 Å². The van der Waals surface area contributed by atoms with Gasteiger partial charge in [-0.3, -0.25) is 0 Å². The van der Waals surface area contributed by atoms with E-state index >= 15 is 0 Å². The van der Waals surface area contributed by atoms with Gasteiger partial charge in [-0.25, -0.2) is 13.6 Å². The number of carbonyl (C=O) groups is 1. The minimum absolute atomic E-state index is 0.0606. The fourth-order valence-corrected chi connectivity index (χ4v) is 3.31. The standard InChI is InChI=1S/C12H15NO3S/c1-12(2)9(7-14)11(12)8-5-3-4-6-10(8)17(13,15)16/h3-7,9,11H,1-2H3,(H2,13,15,16)/t9-,11-/m0/s1. The molecule has 1 aliphatic carbocycles. The lowest BCUT2D eigenvalue weighted by Gasteiger charge is -2.08. The second-order valence-corrected chi connectivity index (χ2v) is 6.57. The summed E-state index contributed by atoms with van der Waals surface area (Å²) in [4.78, 5) is 11.1. The third-order valence-electron chi connectivity index (χ3n) is 3.62. The average Bonchev–Trinajstić information content (AvgIpc) is 2.79. The van der Waals surface area contributed by atoms with Gasteiger partial charge in [0.1, 0.15) is 6.29 Å². The molecule has 1 saturated carbocycles. The molecule has 2 atom stereocenters. The molecule has 1 fully saturated rings. The summed E-state index contributed by atoms with van der Waals surface area (Å²) in [7, 11) is -3.74. The van der Waals surface area contributed by atoms with Gasteiger partial charge in [0, 0.05) is 11.8 Å². The number of aldehydes is 1. The highest BCUT2D eigenvalue weighted by Crippen LogP contribution is 2.64. The van der Waals surface area contributed by atoms with Crippen LogP contribution in [-0.2, 0) is 14.8 Å². The topological polar surface area (TPSA) is 77.2 Å². The van der Waals surface area contributed by atoms with Gasteiger partial charge < -0.3 is 4.79 Å². The summed E-state index contributed by atoms with van der Waals surface area (Å²) >= 11 is 0. The van der Waals surface area contributed by atoms with Crippen LogP contribution in [0.5, 0.6) is 0 Å². The summed E-state index contributed by atoms with van der Waals surface area (Å²) in [6.07, 6.45) is 0.893. The molecule has 0 spiro atoms. The molecular formula is C12H15NO3S. The van der Waals surface area contributed by atoms with Gasteiger partial charge in [0.05, 0.1) is 4.90 Å². The van der Waals surface area contributed by atoms with E-state index < -0.39 is 10.0 Å². The number of rotatable bonds is 3. The van der Waals surface area contributed by atoms with Crippen LogP contribution in [0.25, 0.3) is 0 Å². The van der Waals surface area contributed by atoms with E-state index in [1.165, 1.54) is 6.07 Å². The monoisotopic (exact) mass is 253 g/mol. The van der Waals surface area contributed by atoms with E-state index in [0.29, 0.717) is 5.56 Å². The number of hydrogen-bond donors (Lipinski definition) is 1. The van der Waals surface area contributed by atoms with Crippen molar-refractivity contribution in [1.82, 2.24) is 0 Å². The number of carbonyl (C=O) groups excluding carboxylic acids is 1. The van der Waals surface area contributed by atoms with Gasteiger partial charge >= 0.3 is 0 Å². The van der Waals surface area contributed by atoms with Gasteiger partial charge in [-0.05, 0) is 17.0 Å². The summed E-state index contributed by atoms with van der Waals surface area (Å²) < 4.78 is 23.0. The molecule has 0 unspecified atom stereocenters. The highest BCUT2D eigenvalue weighted by molar-refractivity contribution is 7.89. The van der Waals surface area contributed by atoms with Crippen molar-refractivity contribution in [2.75, 3.05) is 0 Å². The van der Waals surface area contributed by atoms with Gasteiger partial charge in [-0.2, -0.15) is 0 Å². The van der Waals surface area contributed by atoms with Crippen LogP contribution in [0.1, 0.15) is 25.3 Å². The van der Waals surface area contributed by atoms with Crippen LogP contribution < -0.4 is 5.14 Å². The Kier molecular flexibility index (Phi) is 2.63. The Morgan fingerprint density at radius 2 is 1.88 bits per heavy atom. The maximum absolute atomic E-state index is 11.5. The third kappa shape index (κ3) is 1.89. The number of sulfonamides is 1. The van der Waals surface area contributed by atoms with Crippen LogP contribution in [0.4, 0.5) is 0 Å². The molecule has 2 N–H and O–H groups in total. The van der Waals surface area contributed by atoms with Gasteiger partial charge in [-0.15, -0.1) is 0 Å². The first-order valence-electron chi connectivity index (χ1n) is 5.37. The maximum atomic E-state index is 11.5. The average molecular weight is 253 g/mol. The molecule has 92 valence electrons. The fourth-order valence-electron chi connectivity index (χ4n) is 2.52. The normalized spacial score (nSPS) is 26.5. The van der Waals surface area contributed by atoms with Gasteiger partial charge in [-0.1, -0.05) is 32.0 Å². The zero-order chi connectivity index (χ0) is 12.8. The molecule has 2 rings (SSSR count). The lowest BCUT2D eigenvalue weighted by atomic mass is 10.0. The van der Waals surface area contributed by atoms with Crippen molar-refractivity contribution in [1.29, 1.82) is 0 Å². The molecule has 1 aromatic rings. The first-order valence-corrected chi connectivity index (χ1v) is 6.92. The van der Waals surface area contributed by atoms with Gasteiger partial charge in [0.2, 0.25) is 10.0 Å². The van der Waals surface area contributed by atoms with E-state index in [9.17, 15) is 13.2 Å². The van der Waals surface area contributed by atoms with Crippen LogP contribution in [0.2, 0.25) is 0 Å². The highest BCUT2D eigenvalue weighted by Gasteiger charge is 2.59. The van der Waals surface area contributed by atoms with E-state index in [0.717, 1.165) is 6.29 Å². The predicted molar refractivity (Wildman–Crippen MR) is 63.9 cm³/mol. The van der Waals surface area contributed by atoms with E-state index in [1.54, 1.807) is 18.2 Å². The number of primary sulfonamides is 1. The van der Waals surface area contributed by atoms with Crippen molar-refractivity contribution < 1.29 is 13.2 Å². The van der Waals surface area contributed by atoms with E-state index in [1.807, 2.05) is 13.8 Å². The molecule has 1 aromatic carbocycles. The van der Waals surface area contributed by atoms with E-state index in [2.05, 4.69) is 0 Å². The van der Waals surface area contributed by atoms with Crippen LogP contribution in [0.3, 0.4) is 0 Å². The van der Waals surface area contributed by atoms with Gasteiger partial charge in [0.15, 0.2) is 0 Å². The first-order chi connectivity index (χ1) is 7.80. The fraction of sp³-hybridized carbons (Fsp3) is 0.417. The van der Waals surface area contributed by atoms with Crippen molar-refractivity contribution in [3.05, 3.63) is 29.8 Å². The summed E-state index contributed by atoms with van der Waals surface area (Å²) in [5.41, 5.74) is 0.458. The minimum Gasteiger partial charge on any atom is -0.303 e. The molecule has 0 amide bonds. The summed E-state index contributed by atoms with van der Waals surface area (Å²) in [5, 5.41) is 5.18. The predicted octanol–water partition coefficient (Wildman–Crippen LogP) is 1.27. The molecule has 17 heavy (non-hydrogen) atoms. The molecule has 0 heterocycles. The maximum Gasteiger partial charge on any atom is 0.238 e. The second kappa shape index (κ2) is 3.65.